The number of H-pyrrole nitrogens is 1. The van der Waals surface area contributed by atoms with Gasteiger partial charge in [-0.05, 0) is 18.6 Å². The van der Waals surface area contributed by atoms with Crippen molar-refractivity contribution in [3.8, 4) is 0 Å². The molecule has 2 N–H and O–H groups in total. The molecule has 4 heteroatoms. The number of nitrogens with zero attached hydrogens (tertiary/aromatic N) is 1. The molecule has 0 fully saturated rings. The van der Waals surface area contributed by atoms with Crippen LogP contribution in [0.4, 0.5) is 0 Å². The van der Waals surface area contributed by atoms with Gasteiger partial charge in [0.2, 0.25) is 5.56 Å². The molecule has 0 amide bonds. The fraction of sp³-hybridized carbons (Fsp3) is 0.200. The number of hydrogen-bond acceptors (Lipinski definition) is 3. The molecule has 2 aromatic rings. The third kappa shape index (κ3) is 1.29. The Bertz CT molecular complexity index is 531. The number of rotatable bonds is 1. The summed E-state index contributed by atoms with van der Waals surface area (Å²) in [7, 11) is 0. The molecule has 2 heterocycles. The van der Waals surface area contributed by atoms with Crippen molar-refractivity contribution >= 4 is 10.9 Å². The molecule has 0 bridgehead atoms. The van der Waals surface area contributed by atoms with Crippen molar-refractivity contribution in [2.75, 3.05) is 0 Å². The van der Waals surface area contributed by atoms with Gasteiger partial charge in [0, 0.05) is 17.6 Å². The second-order valence-corrected chi connectivity index (χ2v) is 3.15. The number of pyridine rings is 2. The molecule has 72 valence electrons. The lowest BCUT2D eigenvalue weighted by molar-refractivity contribution is 0.278. The number of aliphatic hydroxyl groups is 1. The van der Waals surface area contributed by atoms with E-state index in [1.165, 1.54) is 6.07 Å². The topological polar surface area (TPSA) is 66.0 Å². The smallest absolute Gasteiger partial charge is 0.248 e. The maximum atomic E-state index is 11.2. The number of nitrogens with one attached hydrogen (secondary N) is 1. The molecule has 0 saturated carbocycles. The third-order valence-corrected chi connectivity index (χ3v) is 2.18. The number of aliphatic hydroxyl groups excluding tert-OH is 1. The largest absolute Gasteiger partial charge is 0.390 e. The zero-order chi connectivity index (χ0) is 10.1. The van der Waals surface area contributed by atoms with Gasteiger partial charge < -0.3 is 10.1 Å². The molecule has 0 spiro atoms. The Morgan fingerprint density at radius 3 is 3.07 bits per heavy atom. The predicted molar refractivity (Wildman–Crippen MR) is 53.0 cm³/mol. The Morgan fingerprint density at radius 1 is 1.57 bits per heavy atom. The summed E-state index contributed by atoms with van der Waals surface area (Å²) in [6.07, 6.45) is 1.57. The Balaban J connectivity index is 2.94. The Morgan fingerprint density at radius 2 is 2.36 bits per heavy atom. The Labute approximate surface area is 80.2 Å². The quantitative estimate of drug-likeness (QED) is 0.696. The van der Waals surface area contributed by atoms with Gasteiger partial charge >= 0.3 is 0 Å². The van der Waals surface area contributed by atoms with Crippen LogP contribution in [-0.2, 0) is 6.61 Å². The number of fused-ring (bicyclic) bond motifs is 1. The monoisotopic (exact) mass is 190 g/mol. The van der Waals surface area contributed by atoms with Crippen LogP contribution in [0.3, 0.4) is 0 Å². The van der Waals surface area contributed by atoms with Crippen molar-refractivity contribution in [2.24, 2.45) is 0 Å². The second kappa shape index (κ2) is 3.23. The van der Waals surface area contributed by atoms with Gasteiger partial charge in [0.25, 0.3) is 0 Å². The Hall–Kier alpha value is -1.68. The zero-order valence-corrected chi connectivity index (χ0v) is 7.74. The number of aromatic amines is 1. The first-order valence-corrected chi connectivity index (χ1v) is 4.31. The van der Waals surface area contributed by atoms with E-state index in [0.29, 0.717) is 11.2 Å². The fourth-order valence-corrected chi connectivity index (χ4v) is 1.61. The average Bonchev–Trinajstić information content (AvgIpc) is 2.16. The van der Waals surface area contributed by atoms with Crippen molar-refractivity contribution < 1.29 is 5.11 Å². The minimum absolute atomic E-state index is 0.121. The van der Waals surface area contributed by atoms with Gasteiger partial charge in [0.1, 0.15) is 0 Å². The SMILES string of the molecule is Cc1cc(=O)[nH]c2ccnc(CO)c12. The zero-order valence-electron chi connectivity index (χ0n) is 7.74. The molecule has 2 rings (SSSR count). The first kappa shape index (κ1) is 8.90. The lowest BCUT2D eigenvalue weighted by atomic mass is 10.1. The maximum Gasteiger partial charge on any atom is 0.248 e. The van der Waals surface area contributed by atoms with Crippen LogP contribution >= 0.6 is 0 Å². The predicted octanol–water partition coefficient (Wildman–Crippen LogP) is 0.724. The molecule has 4 nitrogen and oxygen atoms in total. The molecule has 0 aliphatic rings. The molecular formula is C10H10N2O2. The van der Waals surface area contributed by atoms with Gasteiger partial charge in [0.05, 0.1) is 17.8 Å². The molecule has 0 unspecified atom stereocenters. The standard InChI is InChI=1S/C10H10N2O2/c1-6-4-9(14)12-7-2-3-11-8(5-13)10(6)7/h2-4,13H,5H2,1H3,(H,12,14). The Kier molecular flexibility index (Phi) is 2.05. The summed E-state index contributed by atoms with van der Waals surface area (Å²) in [4.78, 5) is 17.9. The molecule has 0 radical (unpaired) electrons. The maximum absolute atomic E-state index is 11.2. The summed E-state index contributed by atoms with van der Waals surface area (Å²) in [6, 6.07) is 3.23. The summed E-state index contributed by atoms with van der Waals surface area (Å²) in [5.74, 6) is 0. The van der Waals surface area contributed by atoms with E-state index in [2.05, 4.69) is 9.97 Å². The van der Waals surface area contributed by atoms with Gasteiger partial charge in [-0.3, -0.25) is 9.78 Å². The van der Waals surface area contributed by atoms with E-state index in [4.69, 9.17) is 5.11 Å². The van der Waals surface area contributed by atoms with Crippen LogP contribution in [0.5, 0.6) is 0 Å². The second-order valence-electron chi connectivity index (χ2n) is 3.15. The van der Waals surface area contributed by atoms with Crippen LogP contribution in [0.15, 0.2) is 23.1 Å². The molecule has 0 atom stereocenters. The first-order chi connectivity index (χ1) is 6.72. The minimum Gasteiger partial charge on any atom is -0.390 e. The first-order valence-electron chi connectivity index (χ1n) is 4.31. The summed E-state index contributed by atoms with van der Waals surface area (Å²) < 4.78 is 0. The number of aryl methyl sites for hydroxylation is 1. The van der Waals surface area contributed by atoms with E-state index in [1.807, 2.05) is 6.92 Å². The fourth-order valence-electron chi connectivity index (χ4n) is 1.61. The van der Waals surface area contributed by atoms with Crippen LogP contribution in [0.2, 0.25) is 0 Å². The van der Waals surface area contributed by atoms with E-state index in [1.54, 1.807) is 12.3 Å². The lowest BCUT2D eigenvalue weighted by Gasteiger charge is -2.04. The normalized spacial score (nSPS) is 10.7. The average molecular weight is 190 g/mol. The van der Waals surface area contributed by atoms with Crippen molar-refractivity contribution in [2.45, 2.75) is 13.5 Å². The molecular weight excluding hydrogens is 180 g/mol. The van der Waals surface area contributed by atoms with Crippen molar-refractivity contribution in [1.82, 2.24) is 9.97 Å². The van der Waals surface area contributed by atoms with E-state index < -0.39 is 0 Å². The molecule has 2 aromatic heterocycles. The van der Waals surface area contributed by atoms with Crippen LogP contribution in [0.1, 0.15) is 11.3 Å². The third-order valence-electron chi connectivity index (χ3n) is 2.18. The van der Waals surface area contributed by atoms with E-state index in [0.717, 1.165) is 10.9 Å². The number of hydrogen-bond donors (Lipinski definition) is 2. The van der Waals surface area contributed by atoms with Crippen molar-refractivity contribution in [3.05, 3.63) is 39.9 Å². The van der Waals surface area contributed by atoms with Crippen molar-refractivity contribution in [1.29, 1.82) is 0 Å². The van der Waals surface area contributed by atoms with Gasteiger partial charge in [0.15, 0.2) is 0 Å². The minimum atomic E-state index is -0.134. The van der Waals surface area contributed by atoms with E-state index >= 15 is 0 Å². The molecule has 0 aromatic carbocycles. The summed E-state index contributed by atoms with van der Waals surface area (Å²) in [6.45, 7) is 1.71. The summed E-state index contributed by atoms with van der Waals surface area (Å²) >= 11 is 0. The van der Waals surface area contributed by atoms with Crippen LogP contribution in [0, 0.1) is 6.92 Å². The van der Waals surface area contributed by atoms with Crippen LogP contribution in [-0.4, -0.2) is 15.1 Å². The van der Waals surface area contributed by atoms with Crippen molar-refractivity contribution in [3.63, 3.8) is 0 Å². The van der Waals surface area contributed by atoms with Gasteiger partial charge in [-0.15, -0.1) is 0 Å². The van der Waals surface area contributed by atoms with Gasteiger partial charge in [-0.25, -0.2) is 0 Å². The highest BCUT2D eigenvalue weighted by atomic mass is 16.3. The van der Waals surface area contributed by atoms with E-state index in [9.17, 15) is 4.79 Å². The van der Waals surface area contributed by atoms with Gasteiger partial charge in [-0.2, -0.15) is 0 Å². The van der Waals surface area contributed by atoms with Crippen LogP contribution in [0.25, 0.3) is 10.9 Å². The highest BCUT2D eigenvalue weighted by molar-refractivity contribution is 5.83. The summed E-state index contributed by atoms with van der Waals surface area (Å²) in [5.41, 5.74) is 2.01. The molecule has 0 aliphatic heterocycles. The lowest BCUT2D eigenvalue weighted by Crippen LogP contribution is -2.06. The van der Waals surface area contributed by atoms with Crippen LogP contribution < -0.4 is 5.56 Å². The molecule has 0 saturated heterocycles. The molecule has 14 heavy (non-hydrogen) atoms. The van der Waals surface area contributed by atoms with E-state index in [-0.39, 0.29) is 12.2 Å². The molecule has 0 aliphatic carbocycles. The van der Waals surface area contributed by atoms with Gasteiger partial charge in [-0.1, -0.05) is 0 Å². The summed E-state index contributed by atoms with van der Waals surface area (Å²) in [5, 5.41) is 9.90. The number of aromatic nitrogens is 2. The highest BCUT2D eigenvalue weighted by Crippen LogP contribution is 2.16. The highest BCUT2D eigenvalue weighted by Gasteiger charge is 2.05.